The Hall–Kier alpha value is -2.07. The molecular weight excluding hydrogens is 266 g/mol. The van der Waals surface area contributed by atoms with Crippen molar-refractivity contribution in [1.29, 1.82) is 5.26 Å². The normalized spacial score (nSPS) is 22.2. The number of hydrogen-bond donors (Lipinski definition) is 0. The monoisotopic (exact) mass is 289 g/mol. The molecule has 1 nitrogen and oxygen atoms in total. The molecule has 2 aromatic rings. The fraction of sp³-hybridized carbons (Fsp3) is 0.381. The number of rotatable bonds is 3. The summed E-state index contributed by atoms with van der Waals surface area (Å²) in [6, 6.07) is 19.4. The van der Waals surface area contributed by atoms with Gasteiger partial charge in [-0.05, 0) is 60.8 Å². The predicted molar refractivity (Wildman–Crippen MR) is 90.8 cm³/mol. The van der Waals surface area contributed by atoms with Crippen LogP contribution in [0.4, 0.5) is 0 Å². The highest BCUT2D eigenvalue weighted by atomic mass is 14.4. The van der Waals surface area contributed by atoms with Gasteiger partial charge < -0.3 is 0 Å². The zero-order valence-electron chi connectivity index (χ0n) is 13.4. The van der Waals surface area contributed by atoms with Gasteiger partial charge in [-0.15, -0.1) is 0 Å². The maximum Gasteiger partial charge on any atom is 0.0991 e. The van der Waals surface area contributed by atoms with E-state index in [0.717, 1.165) is 5.56 Å². The third-order valence-corrected chi connectivity index (χ3v) is 5.28. The van der Waals surface area contributed by atoms with E-state index >= 15 is 0 Å². The molecule has 3 atom stereocenters. The van der Waals surface area contributed by atoms with Crippen molar-refractivity contribution in [3.05, 3.63) is 70.8 Å². The van der Waals surface area contributed by atoms with Gasteiger partial charge in [0.05, 0.1) is 11.6 Å². The Bertz CT molecular complexity index is 661. The molecule has 0 amide bonds. The first-order valence-electron chi connectivity index (χ1n) is 8.25. The Labute approximate surface area is 133 Å². The molecule has 1 fully saturated rings. The van der Waals surface area contributed by atoms with Crippen molar-refractivity contribution in [2.24, 2.45) is 5.92 Å². The first-order valence-corrected chi connectivity index (χ1v) is 8.25. The molecule has 0 saturated heterocycles. The van der Waals surface area contributed by atoms with Crippen LogP contribution in [0.3, 0.4) is 0 Å². The summed E-state index contributed by atoms with van der Waals surface area (Å²) in [6.07, 6.45) is 3.93. The van der Waals surface area contributed by atoms with Gasteiger partial charge in [0, 0.05) is 0 Å². The van der Waals surface area contributed by atoms with Gasteiger partial charge >= 0.3 is 0 Å². The highest BCUT2D eigenvalue weighted by molar-refractivity contribution is 5.34. The van der Waals surface area contributed by atoms with Crippen LogP contribution in [0.5, 0.6) is 0 Å². The molecule has 2 aromatic carbocycles. The van der Waals surface area contributed by atoms with Crippen LogP contribution in [0.1, 0.15) is 60.3 Å². The Morgan fingerprint density at radius 2 is 1.68 bits per heavy atom. The summed E-state index contributed by atoms with van der Waals surface area (Å²) in [5, 5.41) is 8.94. The van der Waals surface area contributed by atoms with Crippen LogP contribution in [0.25, 0.3) is 0 Å². The Balaban J connectivity index is 1.82. The zero-order valence-corrected chi connectivity index (χ0v) is 13.4. The maximum absolute atomic E-state index is 8.94. The fourth-order valence-corrected chi connectivity index (χ4v) is 3.92. The third-order valence-electron chi connectivity index (χ3n) is 5.28. The summed E-state index contributed by atoms with van der Waals surface area (Å²) in [5.41, 5.74) is 4.94. The summed E-state index contributed by atoms with van der Waals surface area (Å²) in [5.74, 6) is 1.92. The van der Waals surface area contributed by atoms with Crippen molar-refractivity contribution in [2.45, 2.75) is 44.9 Å². The van der Waals surface area contributed by atoms with Crippen molar-refractivity contribution in [3.8, 4) is 6.07 Å². The van der Waals surface area contributed by atoms with Crippen LogP contribution in [0.2, 0.25) is 0 Å². The molecule has 0 aliphatic heterocycles. The van der Waals surface area contributed by atoms with Gasteiger partial charge in [0.1, 0.15) is 0 Å². The molecule has 1 aliphatic carbocycles. The van der Waals surface area contributed by atoms with Crippen molar-refractivity contribution in [3.63, 3.8) is 0 Å². The SMILES string of the molecule is Cc1ccc(C2CCCC2C(C)c2ccc(C#N)cc2)cc1. The molecule has 0 N–H and O–H groups in total. The molecule has 112 valence electrons. The molecule has 0 spiro atoms. The summed E-state index contributed by atoms with van der Waals surface area (Å²) in [7, 11) is 0. The minimum absolute atomic E-state index is 0.543. The van der Waals surface area contributed by atoms with Crippen LogP contribution < -0.4 is 0 Å². The number of aryl methyl sites for hydroxylation is 1. The molecule has 0 bridgehead atoms. The highest BCUT2D eigenvalue weighted by Crippen LogP contribution is 2.46. The molecular formula is C21H23N. The largest absolute Gasteiger partial charge is 0.192 e. The lowest BCUT2D eigenvalue weighted by molar-refractivity contribution is 0.413. The fourth-order valence-electron chi connectivity index (χ4n) is 3.92. The summed E-state index contributed by atoms with van der Waals surface area (Å²) in [4.78, 5) is 0. The summed E-state index contributed by atoms with van der Waals surface area (Å²) in [6.45, 7) is 4.49. The zero-order chi connectivity index (χ0) is 15.5. The van der Waals surface area contributed by atoms with Crippen LogP contribution in [0, 0.1) is 24.2 Å². The van der Waals surface area contributed by atoms with Crippen molar-refractivity contribution in [1.82, 2.24) is 0 Å². The Kier molecular flexibility index (Phi) is 4.29. The minimum Gasteiger partial charge on any atom is -0.192 e. The first-order chi connectivity index (χ1) is 10.7. The standard InChI is InChI=1S/C21H23N/c1-15-6-10-19(11-7-15)21-5-3-4-20(21)16(2)18-12-8-17(14-22)9-13-18/h6-13,16,20-21H,3-5H2,1-2H3. The molecule has 0 aromatic heterocycles. The van der Waals surface area contributed by atoms with Crippen LogP contribution in [0.15, 0.2) is 48.5 Å². The van der Waals surface area contributed by atoms with E-state index < -0.39 is 0 Å². The smallest absolute Gasteiger partial charge is 0.0991 e. The average Bonchev–Trinajstić information content (AvgIpc) is 3.04. The average molecular weight is 289 g/mol. The number of hydrogen-bond acceptors (Lipinski definition) is 1. The molecule has 1 aliphatic rings. The van der Waals surface area contributed by atoms with Crippen molar-refractivity contribution in [2.75, 3.05) is 0 Å². The lowest BCUT2D eigenvalue weighted by Crippen LogP contribution is -2.14. The van der Waals surface area contributed by atoms with Crippen molar-refractivity contribution < 1.29 is 0 Å². The van der Waals surface area contributed by atoms with Gasteiger partial charge in [-0.1, -0.05) is 55.3 Å². The lowest BCUT2D eigenvalue weighted by Gasteiger charge is -2.27. The van der Waals surface area contributed by atoms with E-state index in [4.69, 9.17) is 5.26 Å². The Morgan fingerprint density at radius 3 is 2.32 bits per heavy atom. The number of nitriles is 1. The van der Waals surface area contributed by atoms with Gasteiger partial charge in [0.25, 0.3) is 0 Å². The van der Waals surface area contributed by atoms with E-state index in [0.29, 0.717) is 17.8 Å². The summed E-state index contributed by atoms with van der Waals surface area (Å²) >= 11 is 0. The first kappa shape index (κ1) is 14.9. The van der Waals surface area contributed by atoms with Gasteiger partial charge in [-0.2, -0.15) is 5.26 Å². The van der Waals surface area contributed by atoms with Gasteiger partial charge in [-0.25, -0.2) is 0 Å². The number of benzene rings is 2. The second kappa shape index (κ2) is 6.36. The second-order valence-corrected chi connectivity index (χ2v) is 6.63. The highest BCUT2D eigenvalue weighted by Gasteiger charge is 2.33. The topological polar surface area (TPSA) is 23.8 Å². The van der Waals surface area contributed by atoms with Gasteiger partial charge in [-0.3, -0.25) is 0 Å². The van der Waals surface area contributed by atoms with E-state index in [2.05, 4.69) is 56.3 Å². The predicted octanol–water partition coefficient (Wildman–Crippen LogP) is 5.55. The molecule has 3 unspecified atom stereocenters. The molecule has 0 heterocycles. The third kappa shape index (κ3) is 2.92. The Morgan fingerprint density at radius 1 is 1.00 bits per heavy atom. The van der Waals surface area contributed by atoms with E-state index in [1.54, 1.807) is 0 Å². The van der Waals surface area contributed by atoms with E-state index in [1.807, 2.05) is 12.1 Å². The quantitative estimate of drug-likeness (QED) is 0.726. The molecule has 1 saturated carbocycles. The lowest BCUT2D eigenvalue weighted by atomic mass is 9.78. The van der Waals surface area contributed by atoms with E-state index in [-0.39, 0.29) is 0 Å². The molecule has 22 heavy (non-hydrogen) atoms. The van der Waals surface area contributed by atoms with Crippen LogP contribution in [-0.4, -0.2) is 0 Å². The minimum atomic E-state index is 0.543. The van der Waals surface area contributed by atoms with E-state index in [1.165, 1.54) is 36.0 Å². The summed E-state index contributed by atoms with van der Waals surface area (Å²) < 4.78 is 0. The van der Waals surface area contributed by atoms with Crippen LogP contribution >= 0.6 is 0 Å². The molecule has 1 heteroatoms. The number of nitrogens with zero attached hydrogens (tertiary/aromatic N) is 1. The van der Waals surface area contributed by atoms with E-state index in [9.17, 15) is 0 Å². The van der Waals surface area contributed by atoms with Crippen LogP contribution in [-0.2, 0) is 0 Å². The molecule has 0 radical (unpaired) electrons. The second-order valence-electron chi connectivity index (χ2n) is 6.63. The maximum atomic E-state index is 8.94. The van der Waals surface area contributed by atoms with Gasteiger partial charge in [0.2, 0.25) is 0 Å². The van der Waals surface area contributed by atoms with Crippen molar-refractivity contribution >= 4 is 0 Å². The van der Waals surface area contributed by atoms with Gasteiger partial charge in [0.15, 0.2) is 0 Å². The molecule has 3 rings (SSSR count).